The van der Waals surface area contributed by atoms with Crippen molar-refractivity contribution in [1.29, 1.82) is 0 Å². The van der Waals surface area contributed by atoms with Crippen LogP contribution >= 0.6 is 0 Å². The average molecular weight is 746 g/mol. The zero-order chi connectivity index (χ0) is 41.9. The second-order valence-corrected chi connectivity index (χ2v) is 14.9. The van der Waals surface area contributed by atoms with Crippen LogP contribution < -0.4 is 9.64 Å². The number of ether oxygens (including phenoxy) is 1. The van der Waals surface area contributed by atoms with Crippen LogP contribution in [-0.2, 0) is 0 Å². The molecule has 9 aromatic rings. The van der Waals surface area contributed by atoms with Crippen LogP contribution in [0.1, 0.15) is 17.0 Å². The summed E-state index contributed by atoms with van der Waals surface area (Å²) in [6.45, 7) is 0. The Balaban J connectivity index is 1.06. The maximum Gasteiger partial charge on any atom is 0.132 e. The summed E-state index contributed by atoms with van der Waals surface area (Å²) >= 11 is 0. The zero-order valence-corrected chi connectivity index (χ0v) is 31.6. The summed E-state index contributed by atoms with van der Waals surface area (Å²) in [7, 11) is 0. The van der Waals surface area contributed by atoms with E-state index in [1.807, 2.05) is 89.8 Å². The molecule has 0 spiro atoms. The van der Waals surface area contributed by atoms with Crippen molar-refractivity contribution in [3.63, 3.8) is 0 Å². The Hall–Kier alpha value is -7.42. The first-order chi connectivity index (χ1) is 30.4. The van der Waals surface area contributed by atoms with Gasteiger partial charge < -0.3 is 9.64 Å². The predicted molar refractivity (Wildman–Crippen MR) is 243 cm³/mol. The summed E-state index contributed by atoms with van der Waals surface area (Å²) in [5.41, 5.74) is 9.74. The summed E-state index contributed by atoms with van der Waals surface area (Å²) in [6.07, 6.45) is 8.25. The number of rotatable bonds is 7. The van der Waals surface area contributed by atoms with E-state index >= 15 is 0 Å². The third-order valence-electron chi connectivity index (χ3n) is 11.5. The van der Waals surface area contributed by atoms with Gasteiger partial charge in [0.15, 0.2) is 0 Å². The Bertz CT molecular complexity index is 3240. The first-order valence-electron chi connectivity index (χ1n) is 21.8. The van der Waals surface area contributed by atoms with Gasteiger partial charge in [-0.15, -0.1) is 0 Å². The highest BCUT2D eigenvalue weighted by Crippen LogP contribution is 2.50. The van der Waals surface area contributed by atoms with Gasteiger partial charge in [0.2, 0.25) is 0 Å². The monoisotopic (exact) mass is 745 g/mol. The average Bonchev–Trinajstić information content (AvgIpc) is 3.72. The van der Waals surface area contributed by atoms with Gasteiger partial charge in [-0.2, -0.15) is 0 Å². The van der Waals surface area contributed by atoms with E-state index in [9.17, 15) is 5.48 Å². The van der Waals surface area contributed by atoms with Gasteiger partial charge in [-0.05, 0) is 91.3 Å². The molecule has 0 fully saturated rings. The van der Waals surface area contributed by atoms with Gasteiger partial charge in [0.1, 0.15) is 11.9 Å². The molecule has 1 aliphatic heterocycles. The van der Waals surface area contributed by atoms with Gasteiger partial charge >= 0.3 is 0 Å². The van der Waals surface area contributed by atoms with Crippen molar-refractivity contribution in [2.75, 3.05) is 4.90 Å². The number of para-hydroxylation sites is 2. The van der Waals surface area contributed by atoms with Crippen LogP contribution in [0.3, 0.4) is 0 Å². The molecule has 0 saturated carbocycles. The molecule has 2 nitrogen and oxygen atoms in total. The second-order valence-electron chi connectivity index (χ2n) is 14.9. The molecule has 0 saturated heterocycles. The van der Waals surface area contributed by atoms with Crippen LogP contribution in [0.25, 0.3) is 66.1 Å². The molecule has 1 aliphatic carbocycles. The summed E-state index contributed by atoms with van der Waals surface area (Å²) in [4.78, 5) is 1.89. The number of hydrogen-bond acceptors (Lipinski definition) is 2. The van der Waals surface area contributed by atoms with Crippen molar-refractivity contribution in [1.82, 2.24) is 0 Å². The molecule has 0 amide bonds. The van der Waals surface area contributed by atoms with Crippen LogP contribution in [0, 0.1) is 0 Å². The summed E-state index contributed by atoms with van der Waals surface area (Å²) in [6, 6.07) is 59.0. The minimum atomic E-state index is -0.132. The Morgan fingerprint density at radius 1 is 0.414 bits per heavy atom. The van der Waals surface area contributed by atoms with Crippen molar-refractivity contribution >= 4 is 38.6 Å². The zero-order valence-electron chi connectivity index (χ0n) is 35.6. The van der Waals surface area contributed by atoms with E-state index in [2.05, 4.69) is 115 Å². The number of hydrogen-bond donors (Lipinski definition) is 0. The lowest BCUT2D eigenvalue weighted by Gasteiger charge is -2.28. The van der Waals surface area contributed by atoms with Crippen molar-refractivity contribution in [3.8, 4) is 50.3 Å². The summed E-state index contributed by atoms with van der Waals surface area (Å²) in [5, 5.41) is 4.26. The molecule has 0 radical (unpaired) electrons. The Morgan fingerprint density at radius 2 is 0.948 bits per heavy atom. The van der Waals surface area contributed by atoms with E-state index in [1.165, 1.54) is 16.3 Å². The molecule has 2 aliphatic rings. The highest BCUT2D eigenvalue weighted by molar-refractivity contribution is 5.98. The predicted octanol–water partition coefficient (Wildman–Crippen LogP) is 15.1. The third kappa shape index (κ3) is 5.90. The molecule has 0 aromatic heterocycles. The molecule has 2 atom stereocenters. The molecule has 9 aromatic carbocycles. The van der Waals surface area contributed by atoms with Crippen LogP contribution in [-0.4, -0.2) is 6.10 Å². The van der Waals surface area contributed by atoms with E-state index in [1.54, 1.807) is 0 Å². The van der Waals surface area contributed by atoms with Gasteiger partial charge in [-0.3, -0.25) is 0 Å². The highest BCUT2D eigenvalue weighted by atomic mass is 16.5. The first-order valence-corrected chi connectivity index (χ1v) is 19.8. The van der Waals surface area contributed by atoms with E-state index in [0.717, 1.165) is 49.9 Å². The Labute approximate surface area is 344 Å². The van der Waals surface area contributed by atoms with Crippen molar-refractivity contribution < 1.29 is 10.2 Å². The lowest BCUT2D eigenvalue weighted by Crippen LogP contribution is -2.15. The molecule has 274 valence electrons. The van der Waals surface area contributed by atoms with Crippen molar-refractivity contribution in [2.45, 2.75) is 12.0 Å². The quantitative estimate of drug-likeness (QED) is 0.161. The lowest BCUT2D eigenvalue weighted by molar-refractivity contribution is 0.270. The maximum absolute atomic E-state index is 9.71. The van der Waals surface area contributed by atoms with Gasteiger partial charge in [-0.1, -0.05) is 188 Å². The number of fused-ring (bicyclic) bond motifs is 5. The van der Waals surface area contributed by atoms with Crippen molar-refractivity contribution in [2.24, 2.45) is 0 Å². The minimum absolute atomic E-state index is 0.102. The number of allylic oxidation sites excluding steroid dienone is 2. The topological polar surface area (TPSA) is 12.5 Å². The van der Waals surface area contributed by atoms with Gasteiger partial charge in [-0.25, -0.2) is 0 Å². The number of benzene rings is 9. The number of anilines is 3. The Kier molecular flexibility index (Phi) is 7.33. The Morgan fingerprint density at radius 3 is 1.67 bits per heavy atom. The molecule has 58 heavy (non-hydrogen) atoms. The van der Waals surface area contributed by atoms with Gasteiger partial charge in [0, 0.05) is 34.0 Å². The molecule has 1 heterocycles. The molecule has 2 heteroatoms. The fraction of sp³-hybridized carbons (Fsp3) is 0.0357. The molecule has 0 bridgehead atoms. The van der Waals surface area contributed by atoms with E-state index in [4.69, 9.17) is 4.74 Å². The molecular formula is C56H39NO. The molecule has 11 rings (SSSR count). The normalized spacial score (nSPS) is 16.2. The molecule has 0 N–H and O–H groups in total. The van der Waals surface area contributed by atoms with Gasteiger partial charge in [0.05, 0.1) is 11.2 Å². The lowest BCUT2D eigenvalue weighted by atomic mass is 9.90. The highest BCUT2D eigenvalue weighted by Gasteiger charge is 2.34. The van der Waals surface area contributed by atoms with Crippen LogP contribution in [0.5, 0.6) is 5.75 Å². The largest absolute Gasteiger partial charge is 0.484 e. The summed E-state index contributed by atoms with van der Waals surface area (Å²) in [5.74, 6) is 0.907. The third-order valence-corrected chi connectivity index (χ3v) is 11.5. The van der Waals surface area contributed by atoms with Crippen LogP contribution in [0.2, 0.25) is 0 Å². The summed E-state index contributed by atoms with van der Waals surface area (Å²) < 4.78 is 45.2. The van der Waals surface area contributed by atoms with E-state index in [-0.39, 0.29) is 47.4 Å². The van der Waals surface area contributed by atoms with Crippen LogP contribution in [0.4, 0.5) is 17.1 Å². The number of nitrogens with zero attached hydrogens (tertiary/aromatic N) is 1. The van der Waals surface area contributed by atoms with Crippen molar-refractivity contribution in [3.05, 3.63) is 230 Å². The smallest absolute Gasteiger partial charge is 0.132 e. The molecule has 2 unspecified atom stereocenters. The van der Waals surface area contributed by atoms with Gasteiger partial charge in [0.25, 0.3) is 0 Å². The fourth-order valence-corrected chi connectivity index (χ4v) is 8.68. The minimum Gasteiger partial charge on any atom is -0.484 e. The van der Waals surface area contributed by atoms with Crippen LogP contribution in [0.15, 0.2) is 224 Å². The maximum atomic E-state index is 9.71. The van der Waals surface area contributed by atoms with E-state index < -0.39 is 0 Å². The molecular weight excluding hydrogens is 703 g/mol. The first kappa shape index (κ1) is 29.8. The SMILES string of the molecule is [2H]c1c([2H])c(N(c2ccc(-c3ccc(-c4cccc5ccccc45)cc3)cc2)c2ccccc2-c2cccc3c2OC2C=CC=CC32)c([2H])c([2H])c1-c1cccc2ccccc12. The fourth-order valence-electron chi connectivity index (χ4n) is 8.68. The second kappa shape index (κ2) is 14.3. The standard InChI is InChI=1S/C56H39NO/c1-3-16-46-40(12-1)14-9-20-48(46)42-28-26-38(27-29-42)39-30-34-44(35-31-39)57(45-36-32-43(33-37-45)49-21-10-15-41-13-2-4-17-47(41)49)54-24-7-5-18-50(54)52-22-11-23-53-51-19-6-8-25-55(51)58-56(52)53/h1-37,51,55H/i32D,33D,36D,37D. The van der Waals surface area contributed by atoms with E-state index in [0.29, 0.717) is 16.9 Å².